The molecule has 4 bridgehead atoms. The number of carbonyl (C=O) groups excluding carboxylic acids is 4. The highest BCUT2D eigenvalue weighted by atomic mass is 35.5. The monoisotopic (exact) mass is 698 g/mol. The van der Waals surface area contributed by atoms with Crippen molar-refractivity contribution >= 4 is 35.2 Å². The molecule has 4 heterocycles. The highest BCUT2D eigenvalue weighted by Gasteiger charge is 2.31. The summed E-state index contributed by atoms with van der Waals surface area (Å²) in [4.78, 5) is 59.2. The number of fused-ring (bicyclic) bond motifs is 17. The number of carbonyl (C=O) groups is 4. The lowest BCUT2D eigenvalue weighted by Crippen LogP contribution is -2.57. The Bertz CT molecular complexity index is 1620. The van der Waals surface area contributed by atoms with Gasteiger partial charge in [-0.25, -0.2) is 4.98 Å². The topological polar surface area (TPSA) is 190 Å². The third-order valence-electron chi connectivity index (χ3n) is 7.76. The van der Waals surface area contributed by atoms with Crippen molar-refractivity contribution in [1.82, 2.24) is 40.8 Å². The molecule has 5 rings (SSSR count). The Morgan fingerprint density at radius 1 is 1.10 bits per heavy atom. The number of hydrogen-bond donors (Lipinski definition) is 4. The van der Waals surface area contributed by atoms with E-state index in [0.29, 0.717) is 43.0 Å². The van der Waals surface area contributed by atoms with Crippen molar-refractivity contribution in [2.75, 3.05) is 33.4 Å². The number of aliphatic hydroxyl groups is 1. The first-order valence-electron chi connectivity index (χ1n) is 16.1. The summed E-state index contributed by atoms with van der Waals surface area (Å²) in [5, 5.41) is 27.1. The first kappa shape index (κ1) is 37.1. The Hall–Kier alpha value is -4.76. The third kappa shape index (κ3) is 10.6. The quantitative estimate of drug-likeness (QED) is 0.285. The van der Waals surface area contributed by atoms with Crippen LogP contribution in [0.1, 0.15) is 60.0 Å². The van der Waals surface area contributed by atoms with Gasteiger partial charge in [-0.3, -0.25) is 23.9 Å². The van der Waals surface area contributed by atoms with Crippen molar-refractivity contribution in [3.8, 4) is 11.6 Å². The van der Waals surface area contributed by atoms with E-state index in [1.165, 1.54) is 38.4 Å². The summed E-state index contributed by atoms with van der Waals surface area (Å²) in [6.07, 6.45) is 3.27. The predicted octanol–water partition coefficient (Wildman–Crippen LogP) is 1.63. The fourth-order valence-corrected chi connectivity index (χ4v) is 5.40. The molecule has 3 aromatic rings. The lowest BCUT2D eigenvalue weighted by molar-refractivity contribution is -0.131. The zero-order chi connectivity index (χ0) is 35.5. The molecule has 0 aliphatic carbocycles. The molecule has 1 aromatic carbocycles. The summed E-state index contributed by atoms with van der Waals surface area (Å²) < 4.78 is 12.7. The van der Waals surface area contributed by atoms with Gasteiger partial charge in [-0.2, -0.15) is 0 Å². The average Bonchev–Trinajstić information content (AvgIpc) is 3.53. The molecule has 0 fully saturated rings. The molecular formula is C33H43ClN8O7. The van der Waals surface area contributed by atoms with Crippen LogP contribution in [-0.2, 0) is 22.6 Å². The van der Waals surface area contributed by atoms with Gasteiger partial charge in [0, 0.05) is 68.6 Å². The maximum Gasteiger partial charge on any atom is 0.254 e. The van der Waals surface area contributed by atoms with Crippen LogP contribution in [0.3, 0.4) is 0 Å². The fourth-order valence-electron chi connectivity index (χ4n) is 5.16. The molecular weight excluding hydrogens is 656 g/mol. The van der Waals surface area contributed by atoms with Crippen LogP contribution in [0.15, 0.2) is 42.7 Å². The van der Waals surface area contributed by atoms with E-state index in [1.807, 2.05) is 13.8 Å². The summed E-state index contributed by atoms with van der Waals surface area (Å²) in [6.45, 7) is 6.49. The van der Waals surface area contributed by atoms with Crippen molar-refractivity contribution in [2.24, 2.45) is 5.92 Å². The van der Waals surface area contributed by atoms with E-state index in [-0.39, 0.29) is 54.3 Å². The van der Waals surface area contributed by atoms with Crippen molar-refractivity contribution in [1.29, 1.82) is 0 Å². The number of ether oxygens (including phenoxy) is 2. The number of methoxy groups -OCH3 is 1. The molecule has 264 valence electrons. The van der Waals surface area contributed by atoms with Gasteiger partial charge < -0.3 is 35.4 Å². The predicted molar refractivity (Wildman–Crippen MR) is 179 cm³/mol. The van der Waals surface area contributed by atoms with Gasteiger partial charge in [0.1, 0.15) is 17.8 Å². The number of benzene rings is 1. The maximum atomic E-state index is 13.6. The van der Waals surface area contributed by atoms with Crippen molar-refractivity contribution in [3.63, 3.8) is 0 Å². The highest BCUT2D eigenvalue weighted by molar-refractivity contribution is 6.32. The Morgan fingerprint density at radius 2 is 1.90 bits per heavy atom. The average molecular weight is 699 g/mol. The smallest absolute Gasteiger partial charge is 0.254 e. The van der Waals surface area contributed by atoms with Crippen LogP contribution in [-0.4, -0.2) is 105 Å². The minimum Gasteiger partial charge on any atom is -0.492 e. The highest BCUT2D eigenvalue weighted by Crippen LogP contribution is 2.26. The number of rotatable bonds is 5. The number of aliphatic hydroxyl groups excluding tert-OH is 1. The minimum atomic E-state index is -1.36. The summed E-state index contributed by atoms with van der Waals surface area (Å²) >= 11 is 6.40. The normalized spacial score (nSPS) is 19.2. The number of nitrogens with zero attached hydrogens (tertiary/aromatic N) is 5. The molecule has 3 atom stereocenters. The van der Waals surface area contributed by atoms with Gasteiger partial charge in [0.05, 0.1) is 30.5 Å². The molecule has 0 unspecified atom stereocenters. The largest absolute Gasteiger partial charge is 0.492 e. The van der Waals surface area contributed by atoms with Gasteiger partial charge in [0.2, 0.25) is 17.7 Å². The lowest BCUT2D eigenvalue weighted by Gasteiger charge is -2.26. The molecule has 4 amide bonds. The molecule has 0 spiro atoms. The molecule has 16 heteroatoms. The second-order valence-electron chi connectivity index (χ2n) is 12.1. The molecule has 15 nitrogen and oxygen atoms in total. The van der Waals surface area contributed by atoms with Gasteiger partial charge in [0.15, 0.2) is 0 Å². The molecule has 0 saturated heterocycles. The van der Waals surface area contributed by atoms with Crippen molar-refractivity contribution in [2.45, 2.75) is 64.8 Å². The minimum absolute atomic E-state index is 0.0125. The number of hydrogen-bond acceptors (Lipinski definition) is 10. The van der Waals surface area contributed by atoms with E-state index in [0.717, 1.165) is 0 Å². The number of halogens is 1. The van der Waals surface area contributed by atoms with E-state index in [9.17, 15) is 24.3 Å². The second-order valence-corrected chi connectivity index (χ2v) is 12.5. The molecule has 0 radical (unpaired) electrons. The van der Waals surface area contributed by atoms with Crippen molar-refractivity contribution in [3.05, 3.63) is 64.6 Å². The lowest BCUT2D eigenvalue weighted by atomic mass is 10.0. The Balaban J connectivity index is 1.59. The molecule has 0 saturated carbocycles. The zero-order valence-electron chi connectivity index (χ0n) is 28.0. The molecule has 4 N–H and O–H groups in total. The van der Waals surface area contributed by atoms with E-state index in [4.69, 9.17) is 21.1 Å². The van der Waals surface area contributed by atoms with Crippen LogP contribution in [0, 0.1) is 5.92 Å². The van der Waals surface area contributed by atoms with Gasteiger partial charge >= 0.3 is 0 Å². The van der Waals surface area contributed by atoms with Crippen LogP contribution in [0.2, 0.25) is 5.02 Å². The molecule has 49 heavy (non-hydrogen) atoms. The summed E-state index contributed by atoms with van der Waals surface area (Å²) in [5.41, 5.74) is 1.19. The van der Waals surface area contributed by atoms with E-state index >= 15 is 0 Å². The summed E-state index contributed by atoms with van der Waals surface area (Å²) in [7, 11) is 1.46. The van der Waals surface area contributed by atoms with E-state index in [1.54, 1.807) is 27.9 Å². The first-order valence-corrected chi connectivity index (χ1v) is 16.5. The summed E-state index contributed by atoms with van der Waals surface area (Å²) in [5.74, 6) is -1.48. The number of amides is 4. The summed E-state index contributed by atoms with van der Waals surface area (Å²) in [6, 6.07) is 5.25. The van der Waals surface area contributed by atoms with Gasteiger partial charge in [-0.05, 0) is 43.5 Å². The standard InChI is InChI=1S/C33H43ClN8O7/c1-20(2)16-26-31(45)36-11-14-41(33(47)23-8-10-35-28(18-23)48-4)13-9-24-19-42(40-39-24)12-5-15-49-27-7-6-22(17-25(27)34)30(44)38-29(21(3)43)32(46)37-26/h6-8,10,17-21,26,29,43H,5,9,11-16H2,1-4H3,(H,36,45)(H,37,46)(H,38,44)/t21-,26-,29+/m1/s1. The van der Waals surface area contributed by atoms with E-state index in [2.05, 4.69) is 31.2 Å². The van der Waals surface area contributed by atoms with Crippen LogP contribution in [0.4, 0.5) is 0 Å². The van der Waals surface area contributed by atoms with Crippen LogP contribution in [0.25, 0.3) is 0 Å². The third-order valence-corrected chi connectivity index (χ3v) is 8.05. The number of nitrogens with one attached hydrogen (secondary N) is 3. The number of aryl methyl sites for hydroxylation is 1. The Kier molecular flexibility index (Phi) is 13.3. The zero-order valence-corrected chi connectivity index (χ0v) is 28.8. The fraction of sp³-hybridized carbons (Fsp3) is 0.485. The Labute approximate surface area is 289 Å². The first-order chi connectivity index (χ1) is 23.4. The SMILES string of the molecule is COc1cc(C(=O)N2CCNC(=O)[C@@H](CC(C)C)NC(=O)[C@H]([C@@H](C)O)NC(=O)c3ccc(c(Cl)c3)OCCCn3cc(nn3)CC2)ccn1. The van der Waals surface area contributed by atoms with Gasteiger partial charge in [-0.15, -0.1) is 5.10 Å². The number of pyridine rings is 1. The van der Waals surface area contributed by atoms with Crippen LogP contribution in [0.5, 0.6) is 11.6 Å². The maximum absolute atomic E-state index is 13.6. The van der Waals surface area contributed by atoms with Crippen LogP contribution >= 0.6 is 11.6 Å². The van der Waals surface area contributed by atoms with Crippen LogP contribution < -0.4 is 25.4 Å². The molecule has 2 aliphatic rings. The van der Waals surface area contributed by atoms with Gasteiger partial charge in [0.25, 0.3) is 11.8 Å². The second kappa shape index (κ2) is 17.6. The van der Waals surface area contributed by atoms with Crippen molar-refractivity contribution < 1.29 is 33.8 Å². The number of aromatic nitrogens is 4. The Morgan fingerprint density at radius 3 is 2.61 bits per heavy atom. The van der Waals surface area contributed by atoms with E-state index < -0.39 is 35.9 Å². The molecule has 2 aromatic heterocycles. The molecule has 2 aliphatic heterocycles. The van der Waals surface area contributed by atoms with Gasteiger partial charge in [-0.1, -0.05) is 30.7 Å².